The number of benzene rings is 1. The summed E-state index contributed by atoms with van der Waals surface area (Å²) >= 11 is 6.11. The molecule has 1 atom stereocenters. The predicted octanol–water partition coefficient (Wildman–Crippen LogP) is 2.85. The number of amides is 1. The van der Waals surface area contributed by atoms with Crippen molar-refractivity contribution in [3.05, 3.63) is 46.6 Å². The number of aromatic nitrogens is 2. The first-order valence-corrected chi connectivity index (χ1v) is 7.96. The zero-order chi connectivity index (χ0) is 16.2. The lowest BCUT2D eigenvalue weighted by Crippen LogP contribution is -2.43. The summed E-state index contributed by atoms with van der Waals surface area (Å²) in [6, 6.07) is 7.10. The van der Waals surface area contributed by atoms with Crippen molar-refractivity contribution in [1.29, 1.82) is 0 Å². The fourth-order valence-corrected chi connectivity index (χ4v) is 2.87. The lowest BCUT2D eigenvalue weighted by molar-refractivity contribution is -0.0153. The Balaban J connectivity index is 1.59. The van der Waals surface area contributed by atoms with Crippen LogP contribution in [0, 0.1) is 6.92 Å². The summed E-state index contributed by atoms with van der Waals surface area (Å²) in [6.07, 6.45) is 1.76. The van der Waals surface area contributed by atoms with Crippen LogP contribution in [0.3, 0.4) is 0 Å². The van der Waals surface area contributed by atoms with Gasteiger partial charge in [-0.25, -0.2) is 0 Å². The molecule has 0 aliphatic carbocycles. The molecule has 1 aliphatic heterocycles. The Morgan fingerprint density at radius 3 is 3.04 bits per heavy atom. The fraction of sp³-hybridized carbons (Fsp3) is 0.438. The van der Waals surface area contributed by atoms with Crippen LogP contribution < -0.4 is 0 Å². The van der Waals surface area contributed by atoms with Crippen molar-refractivity contribution >= 4 is 17.5 Å². The van der Waals surface area contributed by atoms with E-state index in [-0.39, 0.29) is 18.6 Å². The number of likely N-dealkylation sites (tertiary alicyclic amines) is 1. The first-order chi connectivity index (χ1) is 11.1. The Bertz CT molecular complexity index is 689. The highest BCUT2D eigenvalue weighted by Gasteiger charge is 2.26. The summed E-state index contributed by atoms with van der Waals surface area (Å²) < 4.78 is 10.8. The number of carbonyl (C=O) groups is 1. The highest BCUT2D eigenvalue weighted by Crippen LogP contribution is 2.21. The van der Waals surface area contributed by atoms with Gasteiger partial charge in [-0.15, -0.1) is 0 Å². The van der Waals surface area contributed by atoms with Crippen molar-refractivity contribution in [2.24, 2.45) is 0 Å². The Kier molecular flexibility index (Phi) is 4.93. The van der Waals surface area contributed by atoms with Crippen LogP contribution in [-0.2, 0) is 11.3 Å². The molecule has 0 saturated carbocycles. The number of hydrogen-bond donors (Lipinski definition) is 0. The maximum Gasteiger partial charge on any atom is 0.255 e. The highest BCUT2D eigenvalue weighted by molar-refractivity contribution is 6.33. The first kappa shape index (κ1) is 16.0. The van der Waals surface area contributed by atoms with Gasteiger partial charge in [-0.1, -0.05) is 28.9 Å². The van der Waals surface area contributed by atoms with Crippen LogP contribution in [0.5, 0.6) is 0 Å². The van der Waals surface area contributed by atoms with Gasteiger partial charge in [0.05, 0.1) is 16.7 Å². The third kappa shape index (κ3) is 3.89. The SMILES string of the molecule is Cc1noc(CO[C@H]2CCCN(C(=O)c3ccccc3Cl)C2)n1. The third-order valence-corrected chi connectivity index (χ3v) is 4.11. The maximum atomic E-state index is 12.6. The molecule has 0 N–H and O–H groups in total. The molecule has 7 heteroatoms. The second kappa shape index (κ2) is 7.10. The zero-order valence-corrected chi connectivity index (χ0v) is 13.6. The van der Waals surface area contributed by atoms with E-state index in [4.69, 9.17) is 20.9 Å². The summed E-state index contributed by atoms with van der Waals surface area (Å²) in [5.41, 5.74) is 0.530. The molecule has 1 amide bonds. The van der Waals surface area contributed by atoms with E-state index in [0.717, 1.165) is 12.8 Å². The molecule has 122 valence electrons. The van der Waals surface area contributed by atoms with E-state index in [1.165, 1.54) is 0 Å². The average molecular weight is 336 g/mol. The van der Waals surface area contributed by atoms with Crippen molar-refractivity contribution in [3.63, 3.8) is 0 Å². The molecule has 2 aromatic rings. The molecule has 1 saturated heterocycles. The Hall–Kier alpha value is -1.92. The zero-order valence-electron chi connectivity index (χ0n) is 12.9. The maximum absolute atomic E-state index is 12.6. The summed E-state index contributed by atoms with van der Waals surface area (Å²) in [5, 5.41) is 4.20. The Morgan fingerprint density at radius 1 is 1.48 bits per heavy atom. The number of piperidine rings is 1. The van der Waals surface area contributed by atoms with Gasteiger partial charge >= 0.3 is 0 Å². The molecule has 3 rings (SSSR count). The number of carbonyl (C=O) groups excluding carboxylic acids is 1. The predicted molar refractivity (Wildman–Crippen MR) is 84.2 cm³/mol. The third-order valence-electron chi connectivity index (χ3n) is 3.78. The minimum atomic E-state index is -0.0578. The summed E-state index contributed by atoms with van der Waals surface area (Å²) in [5.74, 6) is 0.984. The topological polar surface area (TPSA) is 68.5 Å². The number of halogens is 1. The smallest absolute Gasteiger partial charge is 0.255 e. The molecular formula is C16H18ClN3O3. The Labute approximate surface area is 139 Å². The normalized spacial score (nSPS) is 18.2. The van der Waals surface area contributed by atoms with E-state index >= 15 is 0 Å². The van der Waals surface area contributed by atoms with Crippen LogP contribution in [0.2, 0.25) is 5.02 Å². The van der Waals surface area contributed by atoms with E-state index in [0.29, 0.717) is 35.4 Å². The van der Waals surface area contributed by atoms with Crippen LogP contribution in [0.4, 0.5) is 0 Å². The number of rotatable bonds is 4. The summed E-state index contributed by atoms with van der Waals surface area (Å²) in [4.78, 5) is 18.5. The standard InChI is InChI=1S/C16H18ClN3O3/c1-11-18-15(23-19-11)10-22-12-5-4-8-20(9-12)16(21)13-6-2-3-7-14(13)17/h2-3,6-7,12H,4-5,8-10H2,1H3/t12-/m0/s1. The van der Waals surface area contributed by atoms with Crippen LogP contribution in [-0.4, -0.2) is 40.1 Å². The molecular weight excluding hydrogens is 318 g/mol. The van der Waals surface area contributed by atoms with Gasteiger partial charge in [0.1, 0.15) is 6.61 Å². The minimum absolute atomic E-state index is 0.0395. The molecule has 23 heavy (non-hydrogen) atoms. The van der Waals surface area contributed by atoms with Gasteiger partial charge in [0.2, 0.25) is 0 Å². The van der Waals surface area contributed by atoms with Gasteiger partial charge in [-0.3, -0.25) is 4.79 Å². The fourth-order valence-electron chi connectivity index (χ4n) is 2.65. The van der Waals surface area contributed by atoms with Gasteiger partial charge in [-0.05, 0) is 31.9 Å². The molecule has 0 bridgehead atoms. The van der Waals surface area contributed by atoms with E-state index in [9.17, 15) is 4.79 Å². The van der Waals surface area contributed by atoms with Crippen molar-refractivity contribution < 1.29 is 14.1 Å². The number of aryl methyl sites for hydroxylation is 1. The van der Waals surface area contributed by atoms with Crippen LogP contribution >= 0.6 is 11.6 Å². The molecule has 1 aliphatic rings. The molecule has 0 spiro atoms. The van der Waals surface area contributed by atoms with Gasteiger partial charge in [0.25, 0.3) is 11.8 Å². The van der Waals surface area contributed by atoms with Crippen molar-refractivity contribution in [1.82, 2.24) is 15.0 Å². The van der Waals surface area contributed by atoms with Crippen LogP contribution in [0.25, 0.3) is 0 Å². The first-order valence-electron chi connectivity index (χ1n) is 7.58. The van der Waals surface area contributed by atoms with E-state index in [1.54, 1.807) is 24.0 Å². The van der Waals surface area contributed by atoms with Crippen LogP contribution in [0.1, 0.15) is 34.9 Å². The van der Waals surface area contributed by atoms with Gasteiger partial charge in [0, 0.05) is 13.1 Å². The van der Waals surface area contributed by atoms with Gasteiger partial charge in [-0.2, -0.15) is 4.98 Å². The Morgan fingerprint density at radius 2 is 2.30 bits per heavy atom. The lowest BCUT2D eigenvalue weighted by Gasteiger charge is -2.32. The number of hydrogen-bond acceptors (Lipinski definition) is 5. The minimum Gasteiger partial charge on any atom is -0.367 e. The second-order valence-corrected chi connectivity index (χ2v) is 5.95. The van der Waals surface area contributed by atoms with Gasteiger partial charge in [0.15, 0.2) is 5.82 Å². The van der Waals surface area contributed by atoms with E-state index < -0.39 is 0 Å². The van der Waals surface area contributed by atoms with Crippen molar-refractivity contribution in [2.45, 2.75) is 32.5 Å². The van der Waals surface area contributed by atoms with Crippen LogP contribution in [0.15, 0.2) is 28.8 Å². The average Bonchev–Trinajstić information content (AvgIpc) is 2.98. The highest BCUT2D eigenvalue weighted by atomic mass is 35.5. The molecule has 6 nitrogen and oxygen atoms in total. The molecule has 2 heterocycles. The van der Waals surface area contributed by atoms with Crippen molar-refractivity contribution in [3.8, 4) is 0 Å². The lowest BCUT2D eigenvalue weighted by atomic mass is 10.1. The number of nitrogens with zero attached hydrogens (tertiary/aromatic N) is 3. The van der Waals surface area contributed by atoms with Crippen molar-refractivity contribution in [2.75, 3.05) is 13.1 Å². The summed E-state index contributed by atoms with van der Waals surface area (Å²) in [7, 11) is 0. The van der Waals surface area contributed by atoms with E-state index in [2.05, 4.69) is 10.1 Å². The second-order valence-electron chi connectivity index (χ2n) is 5.54. The molecule has 1 aromatic heterocycles. The quantitative estimate of drug-likeness (QED) is 0.859. The largest absolute Gasteiger partial charge is 0.367 e. The molecule has 0 unspecified atom stereocenters. The molecule has 0 radical (unpaired) electrons. The van der Waals surface area contributed by atoms with Gasteiger partial charge < -0.3 is 14.2 Å². The monoisotopic (exact) mass is 335 g/mol. The molecule has 1 aromatic carbocycles. The molecule has 1 fully saturated rings. The number of ether oxygens (including phenoxy) is 1. The van der Waals surface area contributed by atoms with E-state index in [1.807, 2.05) is 12.1 Å². The summed E-state index contributed by atoms with van der Waals surface area (Å²) in [6.45, 7) is 3.28.